The van der Waals surface area contributed by atoms with E-state index in [9.17, 15) is 4.79 Å². The molecule has 1 aromatic carbocycles. The molecule has 3 rings (SSSR count). The molecule has 2 aromatic rings. The SMILES string of the molecule is Cc1cccc2c3c([nH]c12)C(=O)/C(=C/O)CCC3. The highest BCUT2D eigenvalue weighted by Crippen LogP contribution is 2.31. The van der Waals surface area contributed by atoms with Gasteiger partial charge in [-0.2, -0.15) is 0 Å². The molecular formula is C15H15NO2. The van der Waals surface area contributed by atoms with Crippen LogP contribution in [-0.4, -0.2) is 15.9 Å². The zero-order chi connectivity index (χ0) is 12.7. The molecule has 0 saturated carbocycles. The lowest BCUT2D eigenvalue weighted by molar-refractivity contribution is 0.102. The Morgan fingerprint density at radius 2 is 2.17 bits per heavy atom. The van der Waals surface area contributed by atoms with E-state index in [4.69, 9.17) is 5.11 Å². The number of fused-ring (bicyclic) bond motifs is 3. The van der Waals surface area contributed by atoms with Gasteiger partial charge in [-0.25, -0.2) is 0 Å². The van der Waals surface area contributed by atoms with Crippen LogP contribution in [0.2, 0.25) is 0 Å². The van der Waals surface area contributed by atoms with E-state index in [2.05, 4.69) is 11.1 Å². The Hall–Kier alpha value is -2.03. The topological polar surface area (TPSA) is 53.1 Å². The molecule has 0 aliphatic heterocycles. The summed E-state index contributed by atoms with van der Waals surface area (Å²) in [5.74, 6) is -0.0689. The summed E-state index contributed by atoms with van der Waals surface area (Å²) in [5.41, 5.74) is 4.42. The highest BCUT2D eigenvalue weighted by atomic mass is 16.2. The van der Waals surface area contributed by atoms with Crippen LogP contribution < -0.4 is 0 Å². The largest absolute Gasteiger partial charge is 0.515 e. The van der Waals surface area contributed by atoms with Crippen LogP contribution in [-0.2, 0) is 6.42 Å². The van der Waals surface area contributed by atoms with Crippen molar-refractivity contribution >= 4 is 16.7 Å². The van der Waals surface area contributed by atoms with E-state index in [1.807, 2.05) is 19.1 Å². The maximum atomic E-state index is 12.3. The van der Waals surface area contributed by atoms with Gasteiger partial charge in [0.2, 0.25) is 5.78 Å². The molecule has 18 heavy (non-hydrogen) atoms. The molecule has 1 aliphatic carbocycles. The van der Waals surface area contributed by atoms with Crippen molar-refractivity contribution in [1.29, 1.82) is 0 Å². The van der Waals surface area contributed by atoms with Crippen LogP contribution in [0.3, 0.4) is 0 Å². The minimum atomic E-state index is -0.0689. The van der Waals surface area contributed by atoms with E-state index in [0.717, 1.165) is 41.1 Å². The van der Waals surface area contributed by atoms with Crippen LogP contribution >= 0.6 is 0 Å². The van der Waals surface area contributed by atoms with Gasteiger partial charge in [0.25, 0.3) is 0 Å². The fraction of sp³-hybridized carbons (Fsp3) is 0.267. The Balaban J connectivity index is 2.30. The summed E-state index contributed by atoms with van der Waals surface area (Å²) in [5, 5.41) is 10.3. The average Bonchev–Trinajstić information content (AvgIpc) is 2.67. The normalized spacial score (nSPS) is 18.1. The number of para-hydroxylation sites is 1. The number of hydrogen-bond donors (Lipinski definition) is 2. The van der Waals surface area contributed by atoms with Gasteiger partial charge in [-0.3, -0.25) is 4.79 Å². The number of benzene rings is 1. The first kappa shape index (κ1) is 11.1. The number of hydrogen-bond acceptors (Lipinski definition) is 2. The monoisotopic (exact) mass is 241 g/mol. The predicted octanol–water partition coefficient (Wildman–Crippen LogP) is 3.44. The third kappa shape index (κ3) is 1.47. The van der Waals surface area contributed by atoms with Crippen molar-refractivity contribution in [1.82, 2.24) is 4.98 Å². The number of carbonyl (C=O) groups excluding carboxylic acids is 1. The number of allylic oxidation sites excluding steroid dienone is 1. The molecular weight excluding hydrogens is 226 g/mol. The first-order valence-electron chi connectivity index (χ1n) is 6.20. The Bertz CT molecular complexity index is 664. The minimum Gasteiger partial charge on any atom is -0.515 e. The molecule has 0 unspecified atom stereocenters. The lowest BCUT2D eigenvalue weighted by atomic mass is 10.0. The Morgan fingerprint density at radius 3 is 2.94 bits per heavy atom. The van der Waals surface area contributed by atoms with Gasteiger partial charge in [-0.15, -0.1) is 0 Å². The molecule has 2 N–H and O–H groups in total. The number of carbonyl (C=O) groups is 1. The van der Waals surface area contributed by atoms with Crippen molar-refractivity contribution in [3.63, 3.8) is 0 Å². The van der Waals surface area contributed by atoms with Gasteiger partial charge in [0.1, 0.15) is 0 Å². The van der Waals surface area contributed by atoms with E-state index >= 15 is 0 Å². The first-order valence-corrected chi connectivity index (χ1v) is 6.20. The van der Waals surface area contributed by atoms with E-state index in [1.165, 1.54) is 0 Å². The summed E-state index contributed by atoms with van der Waals surface area (Å²) in [6, 6.07) is 6.11. The first-order chi connectivity index (χ1) is 8.72. The summed E-state index contributed by atoms with van der Waals surface area (Å²) in [7, 11) is 0. The Kier molecular flexibility index (Phi) is 2.47. The molecule has 3 nitrogen and oxygen atoms in total. The summed E-state index contributed by atoms with van der Waals surface area (Å²) in [6.07, 6.45) is 3.37. The van der Waals surface area contributed by atoms with Gasteiger partial charge in [-0.1, -0.05) is 18.2 Å². The number of aliphatic hydroxyl groups excluding tert-OH is 1. The van der Waals surface area contributed by atoms with Gasteiger partial charge in [0, 0.05) is 16.5 Å². The van der Waals surface area contributed by atoms with Crippen molar-refractivity contribution in [3.05, 3.63) is 46.9 Å². The molecule has 0 radical (unpaired) electrons. The number of aromatic amines is 1. The quantitative estimate of drug-likeness (QED) is 0.421. The van der Waals surface area contributed by atoms with Crippen molar-refractivity contribution in [2.75, 3.05) is 0 Å². The van der Waals surface area contributed by atoms with Gasteiger partial charge in [0.05, 0.1) is 12.0 Å². The highest BCUT2D eigenvalue weighted by Gasteiger charge is 2.24. The van der Waals surface area contributed by atoms with Crippen molar-refractivity contribution in [3.8, 4) is 0 Å². The Labute approximate surface area is 105 Å². The van der Waals surface area contributed by atoms with E-state index < -0.39 is 0 Å². The number of H-pyrrole nitrogens is 1. The van der Waals surface area contributed by atoms with Gasteiger partial charge < -0.3 is 10.1 Å². The summed E-state index contributed by atoms with van der Waals surface area (Å²) in [4.78, 5) is 15.5. The fourth-order valence-electron chi connectivity index (χ4n) is 2.73. The van der Waals surface area contributed by atoms with E-state index in [0.29, 0.717) is 17.7 Å². The van der Waals surface area contributed by atoms with Crippen LogP contribution in [0.5, 0.6) is 0 Å². The number of nitrogens with one attached hydrogen (secondary N) is 1. The molecule has 92 valence electrons. The fourth-order valence-corrected chi connectivity index (χ4v) is 2.73. The summed E-state index contributed by atoms with van der Waals surface area (Å²) in [6.45, 7) is 2.03. The molecule has 0 amide bonds. The number of Topliss-reactive ketones (excluding diaryl/α,β-unsaturated/α-hetero) is 1. The van der Waals surface area contributed by atoms with Crippen molar-refractivity contribution in [2.45, 2.75) is 26.2 Å². The number of ketones is 1. The number of aryl methyl sites for hydroxylation is 2. The van der Waals surface area contributed by atoms with Gasteiger partial charge in [-0.05, 0) is 37.3 Å². The van der Waals surface area contributed by atoms with E-state index in [-0.39, 0.29) is 5.78 Å². The molecule has 1 aromatic heterocycles. The number of aromatic nitrogens is 1. The lowest BCUT2D eigenvalue weighted by Crippen LogP contribution is -2.03. The molecule has 0 fully saturated rings. The lowest BCUT2D eigenvalue weighted by Gasteiger charge is -1.99. The average molecular weight is 241 g/mol. The molecule has 0 spiro atoms. The van der Waals surface area contributed by atoms with Crippen LogP contribution in [0, 0.1) is 6.92 Å². The van der Waals surface area contributed by atoms with Gasteiger partial charge >= 0.3 is 0 Å². The predicted molar refractivity (Wildman–Crippen MR) is 71.0 cm³/mol. The molecule has 0 saturated heterocycles. The number of rotatable bonds is 0. The summed E-state index contributed by atoms with van der Waals surface area (Å²) < 4.78 is 0. The van der Waals surface area contributed by atoms with Crippen LogP contribution in [0.15, 0.2) is 30.0 Å². The molecule has 0 atom stereocenters. The maximum absolute atomic E-state index is 12.3. The third-order valence-electron chi connectivity index (χ3n) is 3.70. The zero-order valence-electron chi connectivity index (χ0n) is 10.3. The minimum absolute atomic E-state index is 0.0689. The van der Waals surface area contributed by atoms with Crippen LogP contribution in [0.1, 0.15) is 34.5 Å². The smallest absolute Gasteiger partial charge is 0.208 e. The second-order valence-corrected chi connectivity index (χ2v) is 4.81. The second-order valence-electron chi connectivity index (χ2n) is 4.81. The highest BCUT2D eigenvalue weighted by molar-refractivity contribution is 6.12. The molecule has 0 bridgehead atoms. The van der Waals surface area contributed by atoms with Crippen molar-refractivity contribution in [2.24, 2.45) is 0 Å². The van der Waals surface area contributed by atoms with Crippen LogP contribution in [0.4, 0.5) is 0 Å². The second kappa shape index (κ2) is 4.02. The van der Waals surface area contributed by atoms with Gasteiger partial charge in [0.15, 0.2) is 0 Å². The maximum Gasteiger partial charge on any atom is 0.208 e. The Morgan fingerprint density at radius 1 is 1.33 bits per heavy atom. The molecule has 1 heterocycles. The standard InChI is InChI=1S/C15H15NO2/c1-9-4-2-6-11-12-7-3-5-10(8-17)15(18)14(12)16-13(9)11/h2,4,6,8,16-17H,3,5,7H2,1H3/b10-8+. The van der Waals surface area contributed by atoms with Crippen LogP contribution in [0.25, 0.3) is 10.9 Å². The zero-order valence-corrected chi connectivity index (χ0v) is 10.3. The van der Waals surface area contributed by atoms with E-state index in [1.54, 1.807) is 0 Å². The number of aliphatic hydroxyl groups is 1. The molecule has 3 heteroatoms. The molecule has 1 aliphatic rings. The third-order valence-corrected chi connectivity index (χ3v) is 3.70. The summed E-state index contributed by atoms with van der Waals surface area (Å²) >= 11 is 0. The van der Waals surface area contributed by atoms with Crippen molar-refractivity contribution < 1.29 is 9.90 Å².